The maximum absolute atomic E-state index is 14.3. The molecule has 42 heavy (non-hydrogen) atoms. The van der Waals surface area contributed by atoms with Crippen LogP contribution in [0.15, 0.2) is 71.6 Å². The fraction of sp³-hybridized carbons (Fsp3) is 0.394. The summed E-state index contributed by atoms with van der Waals surface area (Å²) in [5.41, 5.74) is 3.71. The summed E-state index contributed by atoms with van der Waals surface area (Å²) in [6.45, 7) is 11.0. The summed E-state index contributed by atoms with van der Waals surface area (Å²) in [6, 6.07) is 18.5. The molecule has 0 aliphatic rings. The zero-order chi connectivity index (χ0) is 31.0. The third-order valence-corrected chi connectivity index (χ3v) is 9.19. The van der Waals surface area contributed by atoms with Gasteiger partial charge in [-0.3, -0.25) is 13.9 Å². The van der Waals surface area contributed by atoms with Crippen molar-refractivity contribution in [2.45, 2.75) is 77.9 Å². The molecule has 0 aliphatic carbocycles. The maximum Gasteiger partial charge on any atom is 0.264 e. The first-order valence-corrected chi connectivity index (χ1v) is 15.7. The third kappa shape index (κ3) is 7.91. The van der Waals surface area contributed by atoms with Gasteiger partial charge in [-0.15, -0.1) is 0 Å². The van der Waals surface area contributed by atoms with Gasteiger partial charge in [-0.25, -0.2) is 8.42 Å². The van der Waals surface area contributed by atoms with Gasteiger partial charge in [0.1, 0.15) is 18.3 Å². The van der Waals surface area contributed by atoms with E-state index in [2.05, 4.69) is 5.32 Å². The van der Waals surface area contributed by atoms with Crippen molar-refractivity contribution in [1.82, 2.24) is 10.2 Å². The summed E-state index contributed by atoms with van der Waals surface area (Å²) < 4.78 is 34.7. The Morgan fingerprint density at radius 1 is 0.881 bits per heavy atom. The smallest absolute Gasteiger partial charge is 0.264 e. The lowest BCUT2D eigenvalue weighted by Gasteiger charge is -2.34. The monoisotopic (exact) mass is 593 g/mol. The number of anilines is 1. The van der Waals surface area contributed by atoms with Gasteiger partial charge < -0.3 is 15.0 Å². The number of amides is 2. The number of hydrogen-bond donors (Lipinski definition) is 1. The van der Waals surface area contributed by atoms with E-state index in [0.29, 0.717) is 23.4 Å². The number of methoxy groups -OCH3 is 1. The van der Waals surface area contributed by atoms with E-state index in [1.807, 2.05) is 65.8 Å². The summed E-state index contributed by atoms with van der Waals surface area (Å²) >= 11 is 0. The van der Waals surface area contributed by atoms with Crippen molar-refractivity contribution in [2.75, 3.05) is 18.0 Å². The number of carbonyl (C=O) groups is 2. The van der Waals surface area contributed by atoms with E-state index in [-0.39, 0.29) is 23.4 Å². The number of hydrogen-bond acceptors (Lipinski definition) is 5. The predicted octanol–water partition coefficient (Wildman–Crippen LogP) is 5.54. The van der Waals surface area contributed by atoms with Gasteiger partial charge in [0.25, 0.3) is 10.0 Å². The molecule has 3 aromatic carbocycles. The molecule has 9 heteroatoms. The van der Waals surface area contributed by atoms with E-state index in [0.717, 1.165) is 23.1 Å². The van der Waals surface area contributed by atoms with Crippen LogP contribution in [0.3, 0.4) is 0 Å². The highest BCUT2D eigenvalue weighted by molar-refractivity contribution is 7.92. The van der Waals surface area contributed by atoms with Gasteiger partial charge in [0.2, 0.25) is 11.8 Å². The Bertz CT molecular complexity index is 1470. The molecule has 8 nitrogen and oxygen atoms in total. The van der Waals surface area contributed by atoms with E-state index in [1.54, 1.807) is 49.6 Å². The van der Waals surface area contributed by atoms with Crippen LogP contribution >= 0.6 is 0 Å². The first-order valence-electron chi connectivity index (χ1n) is 14.3. The van der Waals surface area contributed by atoms with Gasteiger partial charge in [0.05, 0.1) is 17.7 Å². The van der Waals surface area contributed by atoms with Crippen LogP contribution in [0.2, 0.25) is 0 Å². The van der Waals surface area contributed by atoms with Crippen LogP contribution < -0.4 is 14.4 Å². The second-order valence-electron chi connectivity index (χ2n) is 10.7. The predicted molar refractivity (Wildman–Crippen MR) is 167 cm³/mol. The molecule has 2 amide bonds. The molecule has 0 bridgehead atoms. The molecule has 2 atom stereocenters. The van der Waals surface area contributed by atoms with Gasteiger partial charge in [0.15, 0.2) is 0 Å². The van der Waals surface area contributed by atoms with E-state index < -0.39 is 28.5 Å². The van der Waals surface area contributed by atoms with Crippen molar-refractivity contribution in [3.8, 4) is 5.75 Å². The summed E-state index contributed by atoms with van der Waals surface area (Å²) in [5, 5.41) is 3.00. The largest absolute Gasteiger partial charge is 0.497 e. The molecule has 0 saturated heterocycles. The molecule has 0 heterocycles. The number of rotatable bonds is 13. The van der Waals surface area contributed by atoms with Crippen molar-refractivity contribution in [1.29, 1.82) is 0 Å². The zero-order valence-electron chi connectivity index (χ0n) is 25.7. The molecular weight excluding hydrogens is 550 g/mol. The normalized spacial score (nSPS) is 12.7. The molecule has 3 aromatic rings. The van der Waals surface area contributed by atoms with Crippen LogP contribution in [0.5, 0.6) is 5.75 Å². The minimum absolute atomic E-state index is 0.0714. The maximum atomic E-state index is 14.3. The van der Waals surface area contributed by atoms with E-state index in [1.165, 1.54) is 9.21 Å². The summed E-state index contributed by atoms with van der Waals surface area (Å²) in [6.07, 6.45) is 1.10. The lowest BCUT2D eigenvalue weighted by molar-refractivity contribution is -0.140. The molecular formula is C33H43N3O5S. The van der Waals surface area contributed by atoms with Crippen LogP contribution in [0.4, 0.5) is 5.69 Å². The number of sulfonamides is 1. The topological polar surface area (TPSA) is 96.0 Å². The second-order valence-corrected chi connectivity index (χ2v) is 12.6. The van der Waals surface area contributed by atoms with Crippen molar-refractivity contribution in [3.63, 3.8) is 0 Å². The number of carbonyl (C=O) groups excluding carboxylic acids is 2. The van der Waals surface area contributed by atoms with E-state index >= 15 is 0 Å². The Morgan fingerprint density at radius 2 is 1.50 bits per heavy atom. The number of nitrogens with zero attached hydrogens (tertiary/aromatic N) is 2. The van der Waals surface area contributed by atoms with Crippen molar-refractivity contribution in [2.24, 2.45) is 0 Å². The van der Waals surface area contributed by atoms with Crippen LogP contribution in [0, 0.1) is 20.8 Å². The molecule has 0 fully saturated rings. The Hall–Kier alpha value is -3.85. The van der Waals surface area contributed by atoms with Crippen molar-refractivity contribution < 1.29 is 22.7 Å². The Morgan fingerprint density at radius 3 is 2.07 bits per heavy atom. The van der Waals surface area contributed by atoms with E-state index in [9.17, 15) is 18.0 Å². The van der Waals surface area contributed by atoms with Crippen LogP contribution in [-0.4, -0.2) is 50.9 Å². The molecule has 226 valence electrons. The number of nitrogens with one attached hydrogen (secondary N) is 1. The fourth-order valence-corrected chi connectivity index (χ4v) is 6.10. The van der Waals surface area contributed by atoms with Gasteiger partial charge in [-0.05, 0) is 87.6 Å². The molecule has 0 radical (unpaired) electrons. The average Bonchev–Trinajstić information content (AvgIpc) is 2.97. The molecule has 0 aliphatic heterocycles. The fourth-order valence-electron chi connectivity index (χ4n) is 4.63. The number of aryl methyl sites for hydroxylation is 3. The third-order valence-electron chi connectivity index (χ3n) is 7.42. The number of ether oxygens (including phenoxy) is 1. The Labute approximate surface area is 250 Å². The number of benzene rings is 3. The Balaban J connectivity index is 2.09. The molecule has 0 aromatic heterocycles. The van der Waals surface area contributed by atoms with Crippen LogP contribution in [0.25, 0.3) is 0 Å². The first-order chi connectivity index (χ1) is 19.9. The molecule has 2 unspecified atom stereocenters. The second kappa shape index (κ2) is 14.4. The first kappa shape index (κ1) is 32.7. The minimum atomic E-state index is -4.13. The molecule has 0 saturated carbocycles. The highest BCUT2D eigenvalue weighted by atomic mass is 32.2. The van der Waals surface area contributed by atoms with Gasteiger partial charge in [-0.2, -0.15) is 0 Å². The highest BCUT2D eigenvalue weighted by Crippen LogP contribution is 2.29. The zero-order valence-corrected chi connectivity index (χ0v) is 26.5. The van der Waals surface area contributed by atoms with Crippen LogP contribution in [0.1, 0.15) is 55.9 Å². The molecule has 0 spiro atoms. The Kier molecular flexibility index (Phi) is 11.2. The summed E-state index contributed by atoms with van der Waals surface area (Å²) in [7, 11) is -2.55. The quantitative estimate of drug-likeness (QED) is 0.281. The van der Waals surface area contributed by atoms with Crippen LogP contribution in [-0.2, 0) is 26.2 Å². The minimum Gasteiger partial charge on any atom is -0.497 e. The molecule has 1 N–H and O–H groups in total. The summed E-state index contributed by atoms with van der Waals surface area (Å²) in [4.78, 5) is 29.3. The van der Waals surface area contributed by atoms with Crippen molar-refractivity contribution in [3.05, 3.63) is 89.0 Å². The van der Waals surface area contributed by atoms with Crippen molar-refractivity contribution >= 4 is 27.5 Å². The van der Waals surface area contributed by atoms with E-state index in [4.69, 9.17) is 4.74 Å². The standard InChI is InChI=1S/C33H43N3O5S/c1-8-26(6)34-33(38)30(9-2)35(21-27-14-16-28(41-7)17-15-27)32(37)22-36(31-20-24(4)10-13-25(31)5)42(39,40)29-18-11-23(3)12-19-29/h10-20,26,30H,8-9,21-22H2,1-7H3,(H,34,38). The SMILES string of the molecule is CCC(C)NC(=O)C(CC)N(Cc1ccc(OC)cc1)C(=O)CN(c1cc(C)ccc1C)S(=O)(=O)c1ccc(C)cc1. The average molecular weight is 594 g/mol. The van der Waals surface area contributed by atoms with Gasteiger partial charge >= 0.3 is 0 Å². The van der Waals surface area contributed by atoms with Gasteiger partial charge in [-0.1, -0.05) is 55.8 Å². The highest BCUT2D eigenvalue weighted by Gasteiger charge is 2.34. The lowest BCUT2D eigenvalue weighted by Crippen LogP contribution is -2.53. The van der Waals surface area contributed by atoms with Gasteiger partial charge in [0, 0.05) is 12.6 Å². The summed E-state index contributed by atoms with van der Waals surface area (Å²) in [5.74, 6) is -0.0783. The lowest BCUT2D eigenvalue weighted by atomic mass is 10.1. The molecule has 3 rings (SSSR count).